The van der Waals surface area contributed by atoms with Crippen molar-refractivity contribution >= 4 is 11.6 Å². The molecule has 1 aliphatic heterocycles. The first-order chi connectivity index (χ1) is 18.6. The molecular formula is C29H33ClN4O4. The van der Waals surface area contributed by atoms with Gasteiger partial charge in [0.25, 0.3) is 5.56 Å². The first-order valence-corrected chi connectivity index (χ1v) is 13.6. The van der Waals surface area contributed by atoms with Gasteiger partial charge in [0.2, 0.25) is 0 Å². The Hall–Kier alpha value is -3.49. The largest absolute Gasteiger partial charge is 0.486 e. The predicted octanol–water partition coefficient (Wildman–Crippen LogP) is 5.69. The van der Waals surface area contributed by atoms with Crippen LogP contribution in [0.2, 0.25) is 5.15 Å². The Kier molecular flexibility index (Phi) is 8.51. The van der Waals surface area contributed by atoms with Gasteiger partial charge in [0.15, 0.2) is 16.7 Å². The van der Waals surface area contributed by atoms with E-state index in [9.17, 15) is 4.79 Å². The number of benzene rings is 2. The highest BCUT2D eigenvalue weighted by molar-refractivity contribution is 6.30. The molecule has 0 bridgehead atoms. The van der Waals surface area contributed by atoms with Crippen molar-refractivity contribution in [2.24, 2.45) is 0 Å². The van der Waals surface area contributed by atoms with Gasteiger partial charge < -0.3 is 18.6 Å². The minimum atomic E-state index is -0.215. The van der Waals surface area contributed by atoms with Gasteiger partial charge in [0, 0.05) is 37.7 Å². The van der Waals surface area contributed by atoms with Gasteiger partial charge in [-0.1, -0.05) is 61.3 Å². The molecule has 0 spiro atoms. The summed E-state index contributed by atoms with van der Waals surface area (Å²) < 4.78 is 19.0. The second-order valence-electron chi connectivity index (χ2n) is 9.52. The van der Waals surface area contributed by atoms with Gasteiger partial charge in [0.05, 0.1) is 5.69 Å². The molecule has 1 N–H and O–H groups in total. The molecule has 0 radical (unpaired) electrons. The van der Waals surface area contributed by atoms with Crippen molar-refractivity contribution in [3.8, 4) is 22.9 Å². The van der Waals surface area contributed by atoms with Crippen LogP contribution in [-0.2, 0) is 26.1 Å². The highest BCUT2D eigenvalue weighted by atomic mass is 35.5. The number of unbranched alkanes of at least 4 members (excludes halogenated alkanes) is 1. The number of fused-ring (bicyclic) bond motifs is 1. The Morgan fingerprint density at radius 3 is 2.61 bits per heavy atom. The minimum absolute atomic E-state index is 0.215. The molecule has 1 aliphatic rings. The fourth-order valence-corrected chi connectivity index (χ4v) is 5.01. The highest BCUT2D eigenvalue weighted by Crippen LogP contribution is 2.32. The zero-order chi connectivity index (χ0) is 26.3. The van der Waals surface area contributed by atoms with Gasteiger partial charge in [-0.3, -0.25) is 9.69 Å². The third-order valence-corrected chi connectivity index (χ3v) is 6.95. The maximum atomic E-state index is 11.5. The zero-order valence-electron chi connectivity index (χ0n) is 21.6. The summed E-state index contributed by atoms with van der Waals surface area (Å²) in [5.41, 5.74) is 2.97. The van der Waals surface area contributed by atoms with Crippen LogP contribution in [0.3, 0.4) is 0 Å². The SMILES string of the molecule is CCCCn1c(-c2ccccc2)nc(Cl)c1CN(CCCc1cc(=O)[nH]o1)Cc1ccc2c(c1)OCCO2. The molecule has 3 heterocycles. The van der Waals surface area contributed by atoms with Gasteiger partial charge in [-0.15, -0.1) is 0 Å². The van der Waals surface area contributed by atoms with E-state index in [-0.39, 0.29) is 5.56 Å². The molecule has 0 amide bonds. The average molecular weight is 537 g/mol. The maximum absolute atomic E-state index is 11.5. The van der Waals surface area contributed by atoms with Crippen molar-refractivity contribution in [1.82, 2.24) is 19.6 Å². The van der Waals surface area contributed by atoms with E-state index in [1.54, 1.807) is 0 Å². The van der Waals surface area contributed by atoms with Crippen molar-refractivity contribution in [2.45, 2.75) is 52.2 Å². The molecule has 0 fully saturated rings. The fourth-order valence-electron chi connectivity index (χ4n) is 4.76. The second kappa shape index (κ2) is 12.4. The number of rotatable bonds is 12. The Bertz CT molecular complexity index is 1400. The second-order valence-corrected chi connectivity index (χ2v) is 9.87. The lowest BCUT2D eigenvalue weighted by atomic mass is 10.1. The summed E-state index contributed by atoms with van der Waals surface area (Å²) in [6.07, 6.45) is 3.59. The standard InChI is InChI=1S/C29H33ClN4O4/c1-2-3-14-34-24(28(30)31-29(34)22-8-5-4-6-9-22)20-33(13-7-10-23-18-27(35)32-38-23)19-21-11-12-25-26(17-21)37-16-15-36-25/h4-6,8-9,11-12,17-18H,2-3,7,10,13-16,19-20H2,1H3,(H,32,35). The Balaban J connectivity index is 1.41. The number of ether oxygens (including phenoxy) is 2. The smallest absolute Gasteiger partial charge is 0.280 e. The van der Waals surface area contributed by atoms with E-state index in [1.165, 1.54) is 6.07 Å². The van der Waals surface area contributed by atoms with E-state index >= 15 is 0 Å². The van der Waals surface area contributed by atoms with Crippen molar-refractivity contribution in [3.63, 3.8) is 0 Å². The van der Waals surface area contributed by atoms with Crippen LogP contribution in [0.4, 0.5) is 0 Å². The molecule has 0 saturated carbocycles. The number of aromatic nitrogens is 3. The number of hydrogen-bond acceptors (Lipinski definition) is 6. The van der Waals surface area contributed by atoms with Crippen LogP contribution in [0, 0.1) is 0 Å². The molecule has 0 saturated heterocycles. The average Bonchev–Trinajstić information content (AvgIpc) is 3.49. The molecule has 0 unspecified atom stereocenters. The lowest BCUT2D eigenvalue weighted by molar-refractivity contribution is 0.171. The third-order valence-electron chi connectivity index (χ3n) is 6.65. The molecule has 2 aromatic heterocycles. The van der Waals surface area contributed by atoms with Crippen LogP contribution >= 0.6 is 11.6 Å². The van der Waals surface area contributed by atoms with Crippen LogP contribution in [0.1, 0.15) is 43.2 Å². The first-order valence-electron chi connectivity index (χ1n) is 13.2. The number of imidazole rings is 1. The van der Waals surface area contributed by atoms with Crippen LogP contribution in [-0.4, -0.2) is 39.4 Å². The summed E-state index contributed by atoms with van der Waals surface area (Å²) in [7, 11) is 0. The monoisotopic (exact) mass is 536 g/mol. The van der Waals surface area contributed by atoms with E-state index in [0.717, 1.165) is 66.5 Å². The van der Waals surface area contributed by atoms with Crippen molar-refractivity contribution in [2.75, 3.05) is 19.8 Å². The van der Waals surface area contributed by atoms with Gasteiger partial charge in [-0.2, -0.15) is 5.16 Å². The normalized spacial score (nSPS) is 12.8. The minimum Gasteiger partial charge on any atom is -0.486 e. The van der Waals surface area contributed by atoms with Crippen LogP contribution in [0.25, 0.3) is 11.4 Å². The van der Waals surface area contributed by atoms with Gasteiger partial charge in [0.1, 0.15) is 24.8 Å². The molecule has 0 aliphatic carbocycles. The van der Waals surface area contributed by atoms with Crippen molar-refractivity contribution in [1.29, 1.82) is 0 Å². The Labute approximate surface area is 227 Å². The van der Waals surface area contributed by atoms with Gasteiger partial charge in [-0.25, -0.2) is 4.98 Å². The molecule has 4 aromatic rings. The first kappa shape index (κ1) is 26.1. The van der Waals surface area contributed by atoms with E-state index in [0.29, 0.717) is 43.6 Å². The summed E-state index contributed by atoms with van der Waals surface area (Å²) in [6.45, 7) is 6.27. The molecular weight excluding hydrogens is 504 g/mol. The number of aryl methyl sites for hydroxylation is 1. The summed E-state index contributed by atoms with van der Waals surface area (Å²) in [4.78, 5) is 18.6. The Morgan fingerprint density at radius 1 is 1.03 bits per heavy atom. The predicted molar refractivity (Wildman–Crippen MR) is 147 cm³/mol. The van der Waals surface area contributed by atoms with E-state index in [4.69, 9.17) is 30.6 Å². The molecule has 200 valence electrons. The third kappa shape index (κ3) is 6.31. The fraction of sp³-hybridized carbons (Fsp3) is 0.379. The number of hydrogen-bond donors (Lipinski definition) is 1. The van der Waals surface area contributed by atoms with E-state index in [2.05, 4.69) is 45.8 Å². The molecule has 8 nitrogen and oxygen atoms in total. The lowest BCUT2D eigenvalue weighted by Crippen LogP contribution is -2.26. The maximum Gasteiger partial charge on any atom is 0.280 e. The summed E-state index contributed by atoms with van der Waals surface area (Å²) in [5.74, 6) is 3.11. The highest BCUT2D eigenvalue weighted by Gasteiger charge is 2.21. The summed E-state index contributed by atoms with van der Waals surface area (Å²) >= 11 is 6.80. The van der Waals surface area contributed by atoms with Crippen LogP contribution in [0.5, 0.6) is 11.5 Å². The summed E-state index contributed by atoms with van der Waals surface area (Å²) in [5, 5.41) is 2.90. The van der Waals surface area contributed by atoms with Crippen molar-refractivity contribution in [3.05, 3.63) is 87.1 Å². The molecule has 0 atom stereocenters. The van der Waals surface area contributed by atoms with Crippen LogP contribution < -0.4 is 15.0 Å². The van der Waals surface area contributed by atoms with E-state index < -0.39 is 0 Å². The van der Waals surface area contributed by atoms with E-state index in [1.807, 2.05) is 24.3 Å². The number of halogens is 1. The van der Waals surface area contributed by atoms with Gasteiger partial charge in [-0.05, 0) is 37.1 Å². The topological polar surface area (TPSA) is 85.5 Å². The number of H-pyrrole nitrogens is 1. The lowest BCUT2D eigenvalue weighted by Gasteiger charge is -2.25. The van der Waals surface area contributed by atoms with Gasteiger partial charge >= 0.3 is 0 Å². The van der Waals surface area contributed by atoms with Crippen molar-refractivity contribution < 1.29 is 14.0 Å². The van der Waals surface area contributed by atoms with Crippen LogP contribution in [0.15, 0.2) is 63.9 Å². The zero-order valence-corrected chi connectivity index (χ0v) is 22.4. The molecule has 5 rings (SSSR count). The number of nitrogens with one attached hydrogen (secondary N) is 1. The summed E-state index contributed by atoms with van der Waals surface area (Å²) in [6, 6.07) is 17.8. The molecule has 9 heteroatoms. The molecule has 38 heavy (non-hydrogen) atoms. The number of aromatic amines is 1. The Morgan fingerprint density at radius 2 is 1.84 bits per heavy atom. The quantitative estimate of drug-likeness (QED) is 0.250. The number of nitrogens with zero attached hydrogens (tertiary/aromatic N) is 3. The molecule has 2 aromatic carbocycles.